The van der Waals surface area contributed by atoms with Gasteiger partial charge in [-0.2, -0.15) is 0 Å². The Hall–Kier alpha value is -2.95. The van der Waals surface area contributed by atoms with Crippen molar-refractivity contribution in [1.29, 1.82) is 0 Å². The summed E-state index contributed by atoms with van der Waals surface area (Å²) in [6.07, 6.45) is 1.35. The highest BCUT2D eigenvalue weighted by molar-refractivity contribution is 6.01. The molecule has 1 heterocycles. The van der Waals surface area contributed by atoms with Crippen molar-refractivity contribution in [1.82, 2.24) is 10.2 Å². The van der Waals surface area contributed by atoms with E-state index < -0.39 is 6.04 Å². The van der Waals surface area contributed by atoms with Crippen LogP contribution in [0.15, 0.2) is 42.5 Å². The lowest BCUT2D eigenvalue weighted by atomic mass is 9.98. The predicted octanol–water partition coefficient (Wildman–Crippen LogP) is 2.44. The third kappa shape index (κ3) is 2.79. The van der Waals surface area contributed by atoms with Crippen LogP contribution in [0.25, 0.3) is 11.1 Å². The first-order valence-electron chi connectivity index (χ1n) is 8.90. The number of fused-ring (bicyclic) bond motifs is 1. The molecule has 132 valence electrons. The van der Waals surface area contributed by atoms with Gasteiger partial charge in [-0.05, 0) is 42.2 Å². The van der Waals surface area contributed by atoms with Gasteiger partial charge in [0.2, 0.25) is 5.91 Å². The lowest BCUT2D eigenvalue weighted by molar-refractivity contribution is -0.127. The topological polar surface area (TPSA) is 66.5 Å². The molecule has 1 atom stereocenters. The summed E-state index contributed by atoms with van der Waals surface area (Å²) < 4.78 is 0. The van der Waals surface area contributed by atoms with Gasteiger partial charge in [-0.1, -0.05) is 30.3 Å². The lowest BCUT2D eigenvalue weighted by Crippen LogP contribution is -2.55. The minimum atomic E-state index is -0.467. The first kappa shape index (κ1) is 16.5. The number of rotatable bonds is 2. The molecule has 2 amide bonds. The van der Waals surface area contributed by atoms with Gasteiger partial charge in [-0.25, -0.2) is 0 Å². The molecule has 0 spiro atoms. The van der Waals surface area contributed by atoms with E-state index in [1.807, 2.05) is 36.4 Å². The smallest absolute Gasteiger partial charge is 0.254 e. The number of ketones is 1. The number of nitrogens with one attached hydrogen (secondary N) is 1. The second-order valence-corrected chi connectivity index (χ2v) is 6.84. The standard InChI is InChI=1S/C21H20N2O3/c1-13-20(25)22-9-10-23(13)21(26)17-4-2-3-14(12-17)15-5-7-18-16(11-15)6-8-19(18)24/h2-5,7,11-13H,6,8-10H2,1H3,(H,22,25). The zero-order chi connectivity index (χ0) is 18.3. The molecule has 5 heteroatoms. The molecule has 1 saturated heterocycles. The Bertz CT molecular complexity index is 919. The highest BCUT2D eigenvalue weighted by Gasteiger charge is 2.30. The molecule has 2 aliphatic rings. The fourth-order valence-corrected chi connectivity index (χ4v) is 3.69. The third-order valence-corrected chi connectivity index (χ3v) is 5.23. The maximum atomic E-state index is 12.9. The van der Waals surface area contributed by atoms with Gasteiger partial charge >= 0.3 is 0 Å². The molecule has 0 radical (unpaired) electrons. The van der Waals surface area contributed by atoms with Crippen LogP contribution in [0.1, 0.15) is 39.6 Å². The third-order valence-electron chi connectivity index (χ3n) is 5.23. The van der Waals surface area contributed by atoms with Gasteiger partial charge in [0.25, 0.3) is 5.91 Å². The number of piperazine rings is 1. The predicted molar refractivity (Wildman–Crippen MR) is 98.0 cm³/mol. The molecule has 0 aromatic heterocycles. The summed E-state index contributed by atoms with van der Waals surface area (Å²) in [6, 6.07) is 12.8. The van der Waals surface area contributed by atoms with Gasteiger partial charge < -0.3 is 10.2 Å². The summed E-state index contributed by atoms with van der Waals surface area (Å²) in [5, 5.41) is 2.77. The Balaban J connectivity index is 1.64. The van der Waals surface area contributed by atoms with Crippen molar-refractivity contribution in [3.05, 3.63) is 59.2 Å². The summed E-state index contributed by atoms with van der Waals surface area (Å²) in [7, 11) is 0. The summed E-state index contributed by atoms with van der Waals surface area (Å²) in [4.78, 5) is 38.1. The highest BCUT2D eigenvalue weighted by Crippen LogP contribution is 2.29. The molecule has 0 saturated carbocycles. The van der Waals surface area contributed by atoms with Crippen LogP contribution >= 0.6 is 0 Å². The van der Waals surface area contributed by atoms with Gasteiger partial charge in [0.15, 0.2) is 5.78 Å². The Morgan fingerprint density at radius 1 is 1.08 bits per heavy atom. The van der Waals surface area contributed by atoms with E-state index >= 15 is 0 Å². The van der Waals surface area contributed by atoms with E-state index in [1.54, 1.807) is 17.9 Å². The summed E-state index contributed by atoms with van der Waals surface area (Å²) in [6.45, 7) is 2.73. The molecule has 1 N–H and O–H groups in total. The molecular weight excluding hydrogens is 328 g/mol. The van der Waals surface area contributed by atoms with Crippen molar-refractivity contribution < 1.29 is 14.4 Å². The van der Waals surface area contributed by atoms with Crippen molar-refractivity contribution in [2.75, 3.05) is 13.1 Å². The molecule has 0 bridgehead atoms. The summed E-state index contributed by atoms with van der Waals surface area (Å²) in [5.74, 6) is -0.0533. The Morgan fingerprint density at radius 2 is 1.88 bits per heavy atom. The number of hydrogen-bond donors (Lipinski definition) is 1. The van der Waals surface area contributed by atoms with E-state index in [0.717, 1.165) is 28.7 Å². The van der Waals surface area contributed by atoms with E-state index in [9.17, 15) is 14.4 Å². The summed E-state index contributed by atoms with van der Waals surface area (Å²) >= 11 is 0. The number of Topliss-reactive ketones (excluding diaryl/α,β-unsaturated/α-hetero) is 1. The molecular formula is C21H20N2O3. The van der Waals surface area contributed by atoms with Crippen LogP contribution in [0.4, 0.5) is 0 Å². The number of benzene rings is 2. The number of nitrogens with zero attached hydrogens (tertiary/aromatic N) is 1. The van der Waals surface area contributed by atoms with Crippen LogP contribution in [0.3, 0.4) is 0 Å². The van der Waals surface area contributed by atoms with Gasteiger partial charge in [0.05, 0.1) is 0 Å². The van der Waals surface area contributed by atoms with E-state index in [4.69, 9.17) is 0 Å². The normalized spacial score (nSPS) is 19.3. The number of carbonyl (C=O) groups excluding carboxylic acids is 3. The second-order valence-electron chi connectivity index (χ2n) is 6.84. The van der Waals surface area contributed by atoms with Crippen molar-refractivity contribution >= 4 is 17.6 Å². The molecule has 4 rings (SSSR count). The molecule has 2 aromatic carbocycles. The number of carbonyl (C=O) groups is 3. The van der Waals surface area contributed by atoms with Crippen LogP contribution in [0, 0.1) is 0 Å². The second kappa shape index (κ2) is 6.41. The first-order valence-corrected chi connectivity index (χ1v) is 8.90. The SMILES string of the molecule is CC1C(=O)NCCN1C(=O)c1cccc(-c2ccc3c(c2)CCC3=O)c1. The maximum Gasteiger partial charge on any atom is 0.254 e. The minimum Gasteiger partial charge on any atom is -0.353 e. The van der Waals surface area contributed by atoms with Gasteiger partial charge in [0.1, 0.15) is 6.04 Å². The van der Waals surface area contributed by atoms with Gasteiger partial charge in [0, 0.05) is 30.6 Å². The lowest BCUT2D eigenvalue weighted by Gasteiger charge is -2.32. The quantitative estimate of drug-likeness (QED) is 0.906. The highest BCUT2D eigenvalue weighted by atomic mass is 16.2. The molecule has 1 fully saturated rings. The Kier molecular flexibility index (Phi) is 4.07. The van der Waals surface area contributed by atoms with Gasteiger partial charge in [-0.3, -0.25) is 14.4 Å². The van der Waals surface area contributed by atoms with Crippen molar-refractivity contribution in [3.63, 3.8) is 0 Å². The summed E-state index contributed by atoms with van der Waals surface area (Å²) in [5.41, 5.74) is 4.39. The van der Waals surface area contributed by atoms with Crippen LogP contribution in [-0.4, -0.2) is 41.6 Å². The van der Waals surface area contributed by atoms with E-state index in [0.29, 0.717) is 25.1 Å². The fourth-order valence-electron chi connectivity index (χ4n) is 3.69. The first-order chi connectivity index (χ1) is 12.5. The molecule has 5 nitrogen and oxygen atoms in total. The van der Waals surface area contributed by atoms with Crippen LogP contribution in [0.5, 0.6) is 0 Å². The zero-order valence-corrected chi connectivity index (χ0v) is 14.6. The van der Waals surface area contributed by atoms with E-state index in [1.165, 1.54) is 0 Å². The average Bonchev–Trinajstić information content (AvgIpc) is 3.04. The molecule has 1 aliphatic heterocycles. The molecule has 2 aromatic rings. The monoisotopic (exact) mass is 348 g/mol. The van der Waals surface area contributed by atoms with Crippen molar-refractivity contribution in [2.45, 2.75) is 25.8 Å². The fraction of sp³-hybridized carbons (Fsp3) is 0.286. The van der Waals surface area contributed by atoms with E-state index in [2.05, 4.69) is 5.32 Å². The minimum absolute atomic E-state index is 0.121. The van der Waals surface area contributed by atoms with E-state index in [-0.39, 0.29) is 17.6 Å². The molecule has 1 unspecified atom stereocenters. The molecule has 1 aliphatic carbocycles. The largest absolute Gasteiger partial charge is 0.353 e. The zero-order valence-electron chi connectivity index (χ0n) is 14.6. The Morgan fingerprint density at radius 3 is 2.73 bits per heavy atom. The van der Waals surface area contributed by atoms with Crippen LogP contribution in [-0.2, 0) is 11.2 Å². The van der Waals surface area contributed by atoms with Crippen LogP contribution in [0.2, 0.25) is 0 Å². The van der Waals surface area contributed by atoms with Gasteiger partial charge in [-0.15, -0.1) is 0 Å². The average molecular weight is 348 g/mol. The van der Waals surface area contributed by atoms with Crippen molar-refractivity contribution in [3.8, 4) is 11.1 Å². The maximum absolute atomic E-state index is 12.9. The number of amides is 2. The Labute approximate surface area is 152 Å². The van der Waals surface area contributed by atoms with Crippen LogP contribution < -0.4 is 5.32 Å². The molecule has 26 heavy (non-hydrogen) atoms. The van der Waals surface area contributed by atoms with Crippen molar-refractivity contribution in [2.24, 2.45) is 0 Å². The number of hydrogen-bond acceptors (Lipinski definition) is 3. The number of aryl methyl sites for hydroxylation is 1.